The van der Waals surface area contributed by atoms with Crippen LogP contribution in [0.25, 0.3) is 0 Å². The zero-order chi connectivity index (χ0) is 16.0. The number of benzene rings is 2. The minimum atomic E-state index is -3.74. The normalized spacial score (nSPS) is 22.3. The van der Waals surface area contributed by atoms with Gasteiger partial charge in [-0.15, -0.1) is 16.1 Å². The summed E-state index contributed by atoms with van der Waals surface area (Å²) in [6, 6.07) is 15.3. The number of para-hydroxylation sites is 1. The molecule has 2 aromatic carbocycles. The molecule has 1 atom stereocenters. The highest BCUT2D eigenvalue weighted by Gasteiger charge is 2.45. The highest BCUT2D eigenvalue weighted by Crippen LogP contribution is 2.42. The Morgan fingerprint density at radius 1 is 1.13 bits per heavy atom. The van der Waals surface area contributed by atoms with Gasteiger partial charge in [-0.1, -0.05) is 18.2 Å². The summed E-state index contributed by atoms with van der Waals surface area (Å²) in [5.41, 5.74) is 1.94. The fourth-order valence-electron chi connectivity index (χ4n) is 3.08. The summed E-state index contributed by atoms with van der Waals surface area (Å²) >= 11 is 1.69. The Bertz CT molecular complexity index is 837. The second kappa shape index (κ2) is 5.43. The highest BCUT2D eigenvalue weighted by molar-refractivity contribution is 7.98. The van der Waals surface area contributed by atoms with Gasteiger partial charge in [0.2, 0.25) is 0 Å². The van der Waals surface area contributed by atoms with Crippen molar-refractivity contribution < 1.29 is 12.6 Å². The first kappa shape index (κ1) is 14.9. The van der Waals surface area contributed by atoms with Gasteiger partial charge in [-0.2, -0.15) is 8.42 Å². The molecule has 0 bridgehead atoms. The zero-order valence-electron chi connectivity index (χ0n) is 12.5. The Hall–Kier alpha value is -1.70. The maximum atomic E-state index is 12.4. The maximum Gasteiger partial charge on any atom is 0.387 e. The summed E-state index contributed by atoms with van der Waals surface area (Å²) < 4.78 is 31.4. The van der Waals surface area contributed by atoms with E-state index in [1.807, 2.05) is 30.5 Å². The van der Waals surface area contributed by atoms with Crippen molar-refractivity contribution in [3.63, 3.8) is 0 Å². The number of hydrogen-bond donors (Lipinski definition) is 0. The van der Waals surface area contributed by atoms with Crippen LogP contribution in [0.1, 0.15) is 11.6 Å². The molecule has 23 heavy (non-hydrogen) atoms. The van der Waals surface area contributed by atoms with Crippen LogP contribution >= 0.6 is 11.8 Å². The molecule has 5 nitrogen and oxygen atoms in total. The molecule has 0 radical (unpaired) electrons. The van der Waals surface area contributed by atoms with Crippen LogP contribution in [-0.4, -0.2) is 32.2 Å². The van der Waals surface area contributed by atoms with Gasteiger partial charge in [-0.05, 0) is 36.6 Å². The van der Waals surface area contributed by atoms with Crippen molar-refractivity contribution in [2.45, 2.75) is 10.9 Å². The molecule has 0 aliphatic carbocycles. The van der Waals surface area contributed by atoms with E-state index in [4.69, 9.17) is 4.18 Å². The molecule has 0 N–H and O–H groups in total. The summed E-state index contributed by atoms with van der Waals surface area (Å²) in [5.74, 6) is 0.438. The molecule has 2 aromatic rings. The predicted octanol–water partition coefficient (Wildman–Crippen LogP) is 2.87. The Kier molecular flexibility index (Phi) is 3.51. The molecular formula is C16H16N2O3S2. The summed E-state index contributed by atoms with van der Waals surface area (Å²) in [4.78, 5) is 3.25. The molecule has 7 heteroatoms. The number of fused-ring (bicyclic) bond motifs is 3. The summed E-state index contributed by atoms with van der Waals surface area (Å²) in [6.07, 6.45) is 2.03. The average molecular weight is 348 g/mol. The van der Waals surface area contributed by atoms with Gasteiger partial charge in [0.05, 0.1) is 12.7 Å². The maximum absolute atomic E-state index is 12.4. The van der Waals surface area contributed by atoms with Crippen LogP contribution in [0.2, 0.25) is 0 Å². The number of hydrogen-bond acceptors (Lipinski definition) is 5. The highest BCUT2D eigenvalue weighted by atomic mass is 32.2. The first-order valence-electron chi connectivity index (χ1n) is 7.28. The van der Waals surface area contributed by atoms with E-state index in [-0.39, 0.29) is 6.04 Å². The third-order valence-corrected chi connectivity index (χ3v) is 6.33. The van der Waals surface area contributed by atoms with E-state index in [1.165, 1.54) is 9.20 Å². The van der Waals surface area contributed by atoms with Crippen LogP contribution in [0.5, 0.6) is 5.75 Å². The third kappa shape index (κ3) is 2.49. The third-order valence-electron chi connectivity index (χ3n) is 4.25. The van der Waals surface area contributed by atoms with Crippen LogP contribution in [0.4, 0.5) is 5.69 Å². The lowest BCUT2D eigenvalue weighted by Gasteiger charge is -2.28. The second-order valence-corrected chi connectivity index (χ2v) is 7.91. The Labute approximate surface area is 140 Å². The average Bonchev–Trinajstić information content (AvgIpc) is 3.01. The topological polar surface area (TPSA) is 49.9 Å². The van der Waals surface area contributed by atoms with Crippen molar-refractivity contribution in [3.05, 3.63) is 54.1 Å². The molecule has 1 saturated heterocycles. The van der Waals surface area contributed by atoms with Gasteiger partial charge >= 0.3 is 10.3 Å². The minimum Gasteiger partial charge on any atom is -0.370 e. The molecule has 0 amide bonds. The van der Waals surface area contributed by atoms with Gasteiger partial charge in [-0.25, -0.2) is 0 Å². The Morgan fingerprint density at radius 2 is 1.87 bits per heavy atom. The SMILES string of the molecule is CSc1ccc(N2C[C@H]3c4ccccc4OS(=O)(=O)N3C2)cc1. The number of nitrogens with zero attached hydrogens (tertiary/aromatic N) is 2. The Morgan fingerprint density at radius 3 is 2.61 bits per heavy atom. The zero-order valence-corrected chi connectivity index (χ0v) is 14.2. The van der Waals surface area contributed by atoms with Crippen LogP contribution in [0, 0.1) is 0 Å². The fourth-order valence-corrected chi connectivity index (χ4v) is 4.73. The second-order valence-electron chi connectivity index (χ2n) is 5.54. The van der Waals surface area contributed by atoms with Crippen molar-refractivity contribution in [3.8, 4) is 5.75 Å². The molecule has 2 aliphatic rings. The minimum absolute atomic E-state index is 0.204. The van der Waals surface area contributed by atoms with Gasteiger partial charge in [0, 0.05) is 22.7 Å². The molecule has 0 spiro atoms. The smallest absolute Gasteiger partial charge is 0.370 e. The fraction of sp³-hybridized carbons (Fsp3) is 0.250. The van der Waals surface area contributed by atoms with E-state index in [1.54, 1.807) is 23.9 Å². The van der Waals surface area contributed by atoms with Gasteiger partial charge in [0.1, 0.15) is 5.75 Å². The van der Waals surface area contributed by atoms with E-state index in [0.29, 0.717) is 19.0 Å². The van der Waals surface area contributed by atoms with E-state index in [2.05, 4.69) is 17.0 Å². The summed E-state index contributed by atoms with van der Waals surface area (Å²) in [7, 11) is -3.74. The van der Waals surface area contributed by atoms with Crippen molar-refractivity contribution in [2.75, 3.05) is 24.4 Å². The molecule has 0 unspecified atom stereocenters. The number of rotatable bonds is 2. The van der Waals surface area contributed by atoms with E-state index < -0.39 is 10.3 Å². The lowest BCUT2D eigenvalue weighted by atomic mass is 10.1. The van der Waals surface area contributed by atoms with Crippen LogP contribution in [-0.2, 0) is 10.3 Å². The van der Waals surface area contributed by atoms with Crippen molar-refractivity contribution >= 4 is 27.8 Å². The van der Waals surface area contributed by atoms with Crippen LogP contribution in [0.3, 0.4) is 0 Å². The molecule has 2 aliphatic heterocycles. The van der Waals surface area contributed by atoms with Crippen molar-refractivity contribution in [1.82, 2.24) is 4.31 Å². The van der Waals surface area contributed by atoms with Gasteiger partial charge in [0.25, 0.3) is 0 Å². The number of anilines is 1. The molecule has 120 valence electrons. The molecular weight excluding hydrogens is 332 g/mol. The predicted molar refractivity (Wildman–Crippen MR) is 91.0 cm³/mol. The molecule has 2 heterocycles. The number of thioether (sulfide) groups is 1. The first-order chi connectivity index (χ1) is 11.1. The van der Waals surface area contributed by atoms with E-state index in [0.717, 1.165) is 11.3 Å². The standard InChI is InChI=1S/C16H16N2O3S2/c1-22-13-8-6-12(7-9-13)17-10-15-14-4-2-3-5-16(14)21-23(19,20)18(15)11-17/h2-9,15H,10-11H2,1H3/t15-/m0/s1. The van der Waals surface area contributed by atoms with Crippen LogP contribution in [0.15, 0.2) is 53.4 Å². The van der Waals surface area contributed by atoms with Gasteiger partial charge in [-0.3, -0.25) is 0 Å². The molecule has 0 saturated carbocycles. The summed E-state index contributed by atoms with van der Waals surface area (Å²) in [5, 5.41) is 0. The van der Waals surface area contributed by atoms with Gasteiger partial charge < -0.3 is 9.08 Å². The summed E-state index contributed by atoms with van der Waals surface area (Å²) in [6.45, 7) is 0.929. The van der Waals surface area contributed by atoms with Crippen LogP contribution < -0.4 is 9.08 Å². The van der Waals surface area contributed by atoms with E-state index in [9.17, 15) is 8.42 Å². The Balaban J connectivity index is 1.70. The van der Waals surface area contributed by atoms with Crippen molar-refractivity contribution in [2.24, 2.45) is 0 Å². The lowest BCUT2D eigenvalue weighted by molar-refractivity contribution is 0.322. The molecule has 1 fully saturated rings. The monoisotopic (exact) mass is 348 g/mol. The largest absolute Gasteiger partial charge is 0.387 e. The molecule has 4 rings (SSSR count). The first-order valence-corrected chi connectivity index (χ1v) is 9.87. The quantitative estimate of drug-likeness (QED) is 0.781. The van der Waals surface area contributed by atoms with E-state index >= 15 is 0 Å². The van der Waals surface area contributed by atoms with Gasteiger partial charge in [0.15, 0.2) is 0 Å². The van der Waals surface area contributed by atoms with Crippen molar-refractivity contribution in [1.29, 1.82) is 0 Å². The lowest BCUT2D eigenvalue weighted by Crippen LogP contribution is -2.39. The molecule has 0 aromatic heterocycles.